The Kier molecular flexibility index (Phi) is 6.47. The van der Waals surface area contributed by atoms with Gasteiger partial charge in [0.05, 0.1) is 19.3 Å². The van der Waals surface area contributed by atoms with Crippen molar-refractivity contribution in [3.05, 3.63) is 88.2 Å². The molecule has 6 nitrogen and oxygen atoms in total. The van der Waals surface area contributed by atoms with Gasteiger partial charge in [0.15, 0.2) is 5.76 Å². The lowest BCUT2D eigenvalue weighted by Crippen LogP contribution is -2.34. The Morgan fingerprint density at radius 2 is 1.89 bits per heavy atom. The standard InChI is InChI=1S/C29H29NO5/c1-4-33-25-8-6-5-7-21(25)16-26-27(31)24-15-22-17-30(18-34-28(22)19(2)29(24)35-26)14-13-20-9-11-23(32-3)12-10-20/h5-12,15-16H,4,13-14,17-18H2,1-3H3/b26-16-. The molecule has 0 amide bonds. The minimum atomic E-state index is -0.118. The summed E-state index contributed by atoms with van der Waals surface area (Å²) in [5, 5.41) is 0. The van der Waals surface area contributed by atoms with Crippen molar-refractivity contribution in [2.45, 2.75) is 26.8 Å². The number of hydrogen-bond acceptors (Lipinski definition) is 6. The van der Waals surface area contributed by atoms with Gasteiger partial charge >= 0.3 is 0 Å². The molecule has 180 valence electrons. The van der Waals surface area contributed by atoms with Crippen molar-refractivity contribution in [2.24, 2.45) is 0 Å². The zero-order chi connectivity index (χ0) is 24.4. The van der Waals surface area contributed by atoms with Gasteiger partial charge in [0.25, 0.3) is 0 Å². The van der Waals surface area contributed by atoms with Crippen molar-refractivity contribution >= 4 is 11.9 Å². The molecule has 0 fully saturated rings. The van der Waals surface area contributed by atoms with Crippen LogP contribution in [0.2, 0.25) is 0 Å². The Morgan fingerprint density at radius 3 is 2.66 bits per heavy atom. The summed E-state index contributed by atoms with van der Waals surface area (Å²) in [5.41, 5.74) is 4.51. The summed E-state index contributed by atoms with van der Waals surface area (Å²) in [5.74, 6) is 3.16. The van der Waals surface area contributed by atoms with Crippen LogP contribution in [-0.4, -0.2) is 37.7 Å². The second kappa shape index (κ2) is 9.84. The summed E-state index contributed by atoms with van der Waals surface area (Å²) < 4.78 is 23.1. The molecule has 0 saturated carbocycles. The van der Waals surface area contributed by atoms with Crippen LogP contribution in [0.25, 0.3) is 6.08 Å². The maximum absolute atomic E-state index is 13.3. The number of para-hydroxylation sites is 1. The quantitative estimate of drug-likeness (QED) is 0.429. The van der Waals surface area contributed by atoms with E-state index in [1.54, 1.807) is 13.2 Å². The fourth-order valence-corrected chi connectivity index (χ4v) is 4.55. The third kappa shape index (κ3) is 4.62. The lowest BCUT2D eigenvalue weighted by Gasteiger charge is -2.30. The summed E-state index contributed by atoms with van der Waals surface area (Å²) in [6.07, 6.45) is 2.66. The van der Waals surface area contributed by atoms with E-state index in [-0.39, 0.29) is 5.78 Å². The predicted molar refractivity (Wildman–Crippen MR) is 134 cm³/mol. The highest BCUT2D eigenvalue weighted by molar-refractivity contribution is 6.15. The van der Waals surface area contributed by atoms with Crippen LogP contribution >= 0.6 is 0 Å². The first-order chi connectivity index (χ1) is 17.1. The number of ketones is 1. The van der Waals surface area contributed by atoms with Gasteiger partial charge in [0.2, 0.25) is 5.78 Å². The van der Waals surface area contributed by atoms with E-state index in [2.05, 4.69) is 17.0 Å². The van der Waals surface area contributed by atoms with Crippen molar-refractivity contribution < 1.29 is 23.7 Å². The van der Waals surface area contributed by atoms with E-state index in [9.17, 15) is 4.79 Å². The Labute approximate surface area is 205 Å². The molecule has 0 radical (unpaired) electrons. The van der Waals surface area contributed by atoms with Gasteiger partial charge in [-0.05, 0) is 56.2 Å². The monoisotopic (exact) mass is 471 g/mol. The Balaban J connectivity index is 1.34. The largest absolute Gasteiger partial charge is 0.497 e. The second-order valence-electron chi connectivity index (χ2n) is 8.70. The van der Waals surface area contributed by atoms with E-state index in [4.69, 9.17) is 18.9 Å². The smallest absolute Gasteiger partial charge is 0.231 e. The topological polar surface area (TPSA) is 57.2 Å². The van der Waals surface area contributed by atoms with Gasteiger partial charge in [0, 0.05) is 29.8 Å². The Morgan fingerprint density at radius 1 is 1.09 bits per heavy atom. The lowest BCUT2D eigenvalue weighted by atomic mass is 9.99. The van der Waals surface area contributed by atoms with Gasteiger partial charge in [-0.3, -0.25) is 9.69 Å². The average molecular weight is 472 g/mol. The van der Waals surface area contributed by atoms with Crippen molar-refractivity contribution in [1.29, 1.82) is 0 Å². The van der Waals surface area contributed by atoms with E-state index in [1.165, 1.54) is 5.56 Å². The van der Waals surface area contributed by atoms with Crippen molar-refractivity contribution in [1.82, 2.24) is 4.90 Å². The maximum atomic E-state index is 13.3. The molecular formula is C29H29NO5. The van der Waals surface area contributed by atoms with Crippen molar-refractivity contribution in [3.63, 3.8) is 0 Å². The van der Waals surface area contributed by atoms with Gasteiger partial charge in [-0.25, -0.2) is 0 Å². The van der Waals surface area contributed by atoms with Crippen LogP contribution in [0.4, 0.5) is 0 Å². The Bertz CT molecular complexity index is 1280. The second-order valence-corrected chi connectivity index (χ2v) is 8.70. The van der Waals surface area contributed by atoms with Crippen LogP contribution in [0.1, 0.15) is 39.5 Å². The first-order valence-corrected chi connectivity index (χ1v) is 11.9. The predicted octanol–water partition coefficient (Wildman–Crippen LogP) is 5.41. The van der Waals surface area contributed by atoms with Crippen LogP contribution in [0, 0.1) is 6.92 Å². The van der Waals surface area contributed by atoms with Crippen LogP contribution < -0.4 is 18.9 Å². The number of carbonyl (C=O) groups is 1. The number of nitrogens with zero attached hydrogens (tertiary/aromatic N) is 1. The first-order valence-electron chi connectivity index (χ1n) is 11.9. The van der Waals surface area contributed by atoms with Crippen molar-refractivity contribution in [3.8, 4) is 23.0 Å². The molecular weight excluding hydrogens is 442 g/mol. The summed E-state index contributed by atoms with van der Waals surface area (Å²) >= 11 is 0. The molecule has 2 aliphatic heterocycles. The molecule has 0 aromatic heterocycles. The molecule has 3 aromatic carbocycles. The summed E-state index contributed by atoms with van der Waals surface area (Å²) in [4.78, 5) is 15.5. The highest BCUT2D eigenvalue weighted by Gasteiger charge is 2.33. The fraction of sp³-hybridized carbons (Fsp3) is 0.276. The highest BCUT2D eigenvalue weighted by Crippen LogP contribution is 2.43. The maximum Gasteiger partial charge on any atom is 0.231 e. The molecule has 2 aliphatic rings. The number of Topliss-reactive ketones (excluding diaryl/α,β-unsaturated/α-hetero) is 1. The third-order valence-electron chi connectivity index (χ3n) is 6.38. The van der Waals surface area contributed by atoms with Crippen LogP contribution in [0.5, 0.6) is 23.0 Å². The number of fused-ring (bicyclic) bond motifs is 2. The summed E-state index contributed by atoms with van der Waals surface area (Å²) in [6, 6.07) is 17.7. The minimum absolute atomic E-state index is 0.118. The number of allylic oxidation sites excluding steroid dienone is 1. The number of rotatable bonds is 7. The third-order valence-corrected chi connectivity index (χ3v) is 6.38. The molecule has 0 unspecified atom stereocenters. The molecule has 0 N–H and O–H groups in total. The van der Waals surface area contributed by atoms with Gasteiger partial charge in [-0.1, -0.05) is 30.3 Å². The zero-order valence-electron chi connectivity index (χ0n) is 20.3. The zero-order valence-corrected chi connectivity index (χ0v) is 20.3. The molecule has 3 aromatic rings. The number of ether oxygens (including phenoxy) is 4. The van der Waals surface area contributed by atoms with Gasteiger partial charge in [-0.2, -0.15) is 0 Å². The SMILES string of the molecule is CCOc1ccccc1/C=C1\Oc2c(cc3c(c2C)OCN(CCc2ccc(OC)cc2)C3)C1=O. The van der Waals surface area contributed by atoms with Crippen LogP contribution in [0.3, 0.4) is 0 Å². The molecule has 0 atom stereocenters. The molecule has 0 bridgehead atoms. The van der Waals surface area contributed by atoms with E-state index < -0.39 is 0 Å². The van der Waals surface area contributed by atoms with E-state index in [0.717, 1.165) is 53.4 Å². The van der Waals surface area contributed by atoms with E-state index in [1.807, 2.05) is 56.3 Å². The first kappa shape index (κ1) is 23.0. The molecule has 2 heterocycles. The van der Waals surface area contributed by atoms with E-state index in [0.29, 0.717) is 30.4 Å². The van der Waals surface area contributed by atoms with Crippen molar-refractivity contribution in [2.75, 3.05) is 27.0 Å². The Hall–Kier alpha value is -3.77. The average Bonchev–Trinajstić information content (AvgIpc) is 3.19. The molecule has 0 spiro atoms. The number of carbonyl (C=O) groups excluding carboxylic acids is 1. The normalized spacial score (nSPS) is 15.9. The highest BCUT2D eigenvalue weighted by atomic mass is 16.5. The lowest BCUT2D eigenvalue weighted by molar-refractivity contribution is 0.0954. The molecule has 35 heavy (non-hydrogen) atoms. The van der Waals surface area contributed by atoms with Gasteiger partial charge in [0.1, 0.15) is 29.7 Å². The minimum Gasteiger partial charge on any atom is -0.497 e. The fourth-order valence-electron chi connectivity index (χ4n) is 4.55. The summed E-state index contributed by atoms with van der Waals surface area (Å²) in [7, 11) is 1.67. The number of hydrogen-bond donors (Lipinski definition) is 0. The molecule has 6 heteroatoms. The van der Waals surface area contributed by atoms with Crippen LogP contribution in [0.15, 0.2) is 60.4 Å². The molecule has 0 aliphatic carbocycles. The number of benzene rings is 3. The molecule has 5 rings (SSSR count). The van der Waals surface area contributed by atoms with Gasteiger partial charge < -0.3 is 18.9 Å². The van der Waals surface area contributed by atoms with Gasteiger partial charge in [-0.15, -0.1) is 0 Å². The van der Waals surface area contributed by atoms with Crippen LogP contribution in [-0.2, 0) is 13.0 Å². The summed E-state index contributed by atoms with van der Waals surface area (Å²) in [6.45, 7) is 6.51. The van der Waals surface area contributed by atoms with E-state index >= 15 is 0 Å². The number of methoxy groups -OCH3 is 1. The molecule has 0 saturated heterocycles.